The van der Waals surface area contributed by atoms with Gasteiger partial charge in [0.25, 0.3) is 0 Å². The van der Waals surface area contributed by atoms with E-state index in [9.17, 15) is 4.79 Å². The van der Waals surface area contributed by atoms with Crippen molar-refractivity contribution in [2.75, 3.05) is 46.1 Å². The first-order chi connectivity index (χ1) is 11.3. The highest BCUT2D eigenvalue weighted by Gasteiger charge is 2.32. The monoisotopic (exact) mass is 324 g/mol. The van der Waals surface area contributed by atoms with Crippen LogP contribution in [0.1, 0.15) is 44.9 Å². The predicted molar refractivity (Wildman–Crippen MR) is 89.3 cm³/mol. The summed E-state index contributed by atoms with van der Waals surface area (Å²) in [6.07, 6.45) is 7.86. The van der Waals surface area contributed by atoms with E-state index in [4.69, 9.17) is 9.47 Å². The van der Waals surface area contributed by atoms with E-state index in [-0.39, 0.29) is 11.9 Å². The minimum absolute atomic E-state index is 0.104. The lowest BCUT2D eigenvalue weighted by molar-refractivity contribution is -0.125. The molecule has 1 amide bonds. The molecular weight excluding hydrogens is 292 g/mol. The van der Waals surface area contributed by atoms with Crippen molar-refractivity contribution in [1.29, 1.82) is 0 Å². The minimum Gasteiger partial charge on any atom is -0.381 e. The van der Waals surface area contributed by atoms with Gasteiger partial charge < -0.3 is 14.8 Å². The molecule has 0 spiro atoms. The fourth-order valence-electron chi connectivity index (χ4n) is 4.15. The first-order valence-electron chi connectivity index (χ1n) is 9.50. The van der Waals surface area contributed by atoms with E-state index in [0.717, 1.165) is 96.9 Å². The average Bonchev–Trinajstić information content (AvgIpc) is 3.05. The van der Waals surface area contributed by atoms with Crippen LogP contribution in [0.25, 0.3) is 0 Å². The quantitative estimate of drug-likeness (QED) is 0.809. The van der Waals surface area contributed by atoms with Gasteiger partial charge in [0, 0.05) is 39.5 Å². The first kappa shape index (κ1) is 17.2. The van der Waals surface area contributed by atoms with Gasteiger partial charge in [-0.15, -0.1) is 0 Å². The van der Waals surface area contributed by atoms with Crippen LogP contribution in [0.4, 0.5) is 0 Å². The third kappa shape index (κ3) is 5.16. The van der Waals surface area contributed by atoms with Gasteiger partial charge in [0.2, 0.25) is 5.91 Å². The van der Waals surface area contributed by atoms with E-state index >= 15 is 0 Å². The molecule has 1 atom stereocenters. The fourth-order valence-corrected chi connectivity index (χ4v) is 4.15. The van der Waals surface area contributed by atoms with Crippen molar-refractivity contribution >= 4 is 5.91 Å². The van der Waals surface area contributed by atoms with E-state index in [0.29, 0.717) is 5.92 Å². The van der Waals surface area contributed by atoms with Crippen molar-refractivity contribution in [3.05, 3.63) is 0 Å². The largest absolute Gasteiger partial charge is 0.381 e. The van der Waals surface area contributed by atoms with E-state index in [1.165, 1.54) is 0 Å². The Morgan fingerprint density at radius 1 is 0.957 bits per heavy atom. The molecule has 3 aliphatic rings. The second-order valence-electron chi connectivity index (χ2n) is 7.34. The number of nitrogens with one attached hydrogen (secondary N) is 1. The van der Waals surface area contributed by atoms with Crippen LogP contribution in [0.3, 0.4) is 0 Å². The van der Waals surface area contributed by atoms with Crippen molar-refractivity contribution in [3.63, 3.8) is 0 Å². The van der Waals surface area contributed by atoms with Crippen LogP contribution < -0.4 is 5.32 Å². The highest BCUT2D eigenvalue weighted by atomic mass is 16.5. The van der Waals surface area contributed by atoms with Gasteiger partial charge in [0.15, 0.2) is 0 Å². The van der Waals surface area contributed by atoms with Crippen LogP contribution in [-0.2, 0) is 14.3 Å². The van der Waals surface area contributed by atoms with Crippen LogP contribution in [0.5, 0.6) is 0 Å². The third-order valence-corrected chi connectivity index (χ3v) is 5.69. The zero-order valence-electron chi connectivity index (χ0n) is 14.3. The summed E-state index contributed by atoms with van der Waals surface area (Å²) < 4.78 is 10.8. The molecule has 0 aliphatic carbocycles. The topological polar surface area (TPSA) is 50.8 Å². The number of amides is 1. The molecule has 5 nitrogen and oxygen atoms in total. The molecule has 23 heavy (non-hydrogen) atoms. The van der Waals surface area contributed by atoms with Crippen LogP contribution in [0.2, 0.25) is 0 Å². The molecule has 1 N–H and O–H groups in total. The molecule has 1 unspecified atom stereocenters. The Balaban J connectivity index is 1.38. The molecule has 132 valence electrons. The molecule has 0 aromatic carbocycles. The lowest BCUT2D eigenvalue weighted by atomic mass is 9.96. The number of nitrogens with zero attached hydrogens (tertiary/aromatic N) is 1. The number of hydrogen-bond acceptors (Lipinski definition) is 4. The maximum atomic E-state index is 12.5. The summed E-state index contributed by atoms with van der Waals surface area (Å²) >= 11 is 0. The van der Waals surface area contributed by atoms with E-state index in [2.05, 4.69) is 10.2 Å². The molecule has 3 fully saturated rings. The maximum absolute atomic E-state index is 12.5. The van der Waals surface area contributed by atoms with Gasteiger partial charge in [-0.25, -0.2) is 0 Å². The summed E-state index contributed by atoms with van der Waals surface area (Å²) in [7, 11) is 0. The molecule has 0 saturated carbocycles. The number of likely N-dealkylation sites (tertiary alicyclic amines) is 1. The lowest BCUT2D eigenvalue weighted by Gasteiger charge is -2.30. The maximum Gasteiger partial charge on any atom is 0.237 e. The molecule has 0 aromatic rings. The Labute approximate surface area is 140 Å². The van der Waals surface area contributed by atoms with Crippen LogP contribution in [0.15, 0.2) is 0 Å². The Kier molecular flexibility index (Phi) is 6.72. The fraction of sp³-hybridized carbons (Fsp3) is 0.944. The van der Waals surface area contributed by atoms with E-state index in [1.54, 1.807) is 0 Å². The van der Waals surface area contributed by atoms with Crippen molar-refractivity contribution < 1.29 is 14.3 Å². The van der Waals surface area contributed by atoms with Gasteiger partial charge in [-0.3, -0.25) is 9.69 Å². The zero-order chi connectivity index (χ0) is 15.9. The summed E-state index contributed by atoms with van der Waals surface area (Å²) in [4.78, 5) is 15.0. The zero-order valence-corrected chi connectivity index (χ0v) is 14.3. The summed E-state index contributed by atoms with van der Waals surface area (Å²) in [6.45, 7) is 6.53. The summed E-state index contributed by atoms with van der Waals surface area (Å²) in [5.41, 5.74) is 0. The predicted octanol–water partition coefficient (Wildman–Crippen LogP) is 1.81. The van der Waals surface area contributed by atoms with Gasteiger partial charge in [0.05, 0.1) is 6.04 Å². The highest BCUT2D eigenvalue weighted by Crippen LogP contribution is 2.23. The van der Waals surface area contributed by atoms with Gasteiger partial charge in [-0.1, -0.05) is 0 Å². The summed E-state index contributed by atoms with van der Waals surface area (Å²) in [5.74, 6) is 1.69. The normalized spacial score (nSPS) is 28.1. The molecule has 3 heterocycles. The molecule has 3 aliphatic heterocycles. The Bertz CT molecular complexity index is 365. The van der Waals surface area contributed by atoms with Crippen molar-refractivity contribution in [2.24, 2.45) is 11.8 Å². The average molecular weight is 324 g/mol. The first-order valence-corrected chi connectivity index (χ1v) is 9.50. The van der Waals surface area contributed by atoms with Crippen LogP contribution in [0, 0.1) is 11.8 Å². The Hall–Kier alpha value is -0.650. The van der Waals surface area contributed by atoms with Crippen LogP contribution >= 0.6 is 0 Å². The highest BCUT2D eigenvalue weighted by molar-refractivity contribution is 5.82. The Morgan fingerprint density at radius 2 is 1.61 bits per heavy atom. The Morgan fingerprint density at radius 3 is 2.30 bits per heavy atom. The smallest absolute Gasteiger partial charge is 0.237 e. The van der Waals surface area contributed by atoms with Crippen molar-refractivity contribution in [1.82, 2.24) is 10.2 Å². The van der Waals surface area contributed by atoms with Gasteiger partial charge >= 0.3 is 0 Å². The summed E-state index contributed by atoms with van der Waals surface area (Å²) in [6, 6.07) is 0.104. The van der Waals surface area contributed by atoms with E-state index < -0.39 is 0 Å². The number of hydrogen-bond donors (Lipinski definition) is 1. The van der Waals surface area contributed by atoms with E-state index in [1.807, 2.05) is 0 Å². The number of rotatable bonds is 6. The van der Waals surface area contributed by atoms with Gasteiger partial charge in [-0.2, -0.15) is 0 Å². The van der Waals surface area contributed by atoms with Crippen LogP contribution in [-0.4, -0.2) is 62.9 Å². The number of carbonyl (C=O) groups is 1. The summed E-state index contributed by atoms with van der Waals surface area (Å²) in [5, 5.41) is 3.19. The molecule has 0 bridgehead atoms. The second kappa shape index (κ2) is 9.00. The van der Waals surface area contributed by atoms with Gasteiger partial charge in [0.1, 0.15) is 0 Å². The number of carbonyl (C=O) groups excluding carboxylic acids is 1. The SMILES string of the molecule is O=C(NCCC1CCOCC1)C1CCCN1CC1CCOCC1. The van der Waals surface area contributed by atoms with Crippen molar-refractivity contribution in [3.8, 4) is 0 Å². The molecule has 3 rings (SSSR count). The lowest BCUT2D eigenvalue weighted by Crippen LogP contribution is -2.45. The third-order valence-electron chi connectivity index (χ3n) is 5.69. The minimum atomic E-state index is 0.104. The second-order valence-corrected chi connectivity index (χ2v) is 7.34. The molecule has 0 aromatic heterocycles. The van der Waals surface area contributed by atoms with Crippen molar-refractivity contribution in [2.45, 2.75) is 51.0 Å². The molecule has 0 radical (unpaired) electrons. The molecule has 3 saturated heterocycles. The standard InChI is InChI=1S/C18H32N2O3/c21-18(19-8-3-15-4-10-22-11-5-15)17-2-1-9-20(17)14-16-6-12-23-13-7-16/h15-17H,1-14H2,(H,19,21). The van der Waals surface area contributed by atoms with Gasteiger partial charge in [-0.05, 0) is 63.3 Å². The number of ether oxygens (including phenoxy) is 2. The molecule has 5 heteroatoms. The molecular formula is C18H32N2O3.